The number of fused-ring (bicyclic) bond motifs is 1. The lowest BCUT2D eigenvalue weighted by Crippen LogP contribution is -2.64. The molecule has 0 spiro atoms. The summed E-state index contributed by atoms with van der Waals surface area (Å²) in [4.78, 5) is 12.9. The number of aliphatic hydroxyl groups excluding tert-OH is 6. The highest BCUT2D eigenvalue weighted by Crippen LogP contribution is 2.37. The minimum atomic E-state index is -1.84. The molecule has 2 aromatic carbocycles. The Bertz CT molecular complexity index is 1470. The summed E-state index contributed by atoms with van der Waals surface area (Å²) in [6.45, 7) is 0.690. The Hall–Kier alpha value is -3.51. The average Bonchev–Trinajstić information content (AvgIpc) is 2.96. The number of hydrogen-bond acceptors (Lipinski definition) is 15. The van der Waals surface area contributed by atoms with Crippen molar-refractivity contribution >= 4 is 11.0 Å². The van der Waals surface area contributed by atoms with Gasteiger partial charge >= 0.3 is 0 Å². The van der Waals surface area contributed by atoms with Crippen molar-refractivity contribution in [1.29, 1.82) is 0 Å². The normalized spacial score (nSPS) is 33.5. The molecule has 0 unspecified atom stereocenters. The summed E-state index contributed by atoms with van der Waals surface area (Å²) in [5.41, 5.74) is -0.926. The van der Waals surface area contributed by atoms with Crippen molar-refractivity contribution in [3.63, 3.8) is 0 Å². The van der Waals surface area contributed by atoms with Crippen molar-refractivity contribution in [2.24, 2.45) is 0 Å². The first-order valence-corrected chi connectivity index (χ1v) is 12.9. The predicted molar refractivity (Wildman–Crippen MR) is 139 cm³/mol. The zero-order valence-electron chi connectivity index (χ0n) is 21.9. The topological polar surface area (TPSA) is 249 Å². The van der Waals surface area contributed by atoms with Gasteiger partial charge in [-0.1, -0.05) is 0 Å². The van der Waals surface area contributed by atoms with Crippen LogP contribution in [-0.2, 0) is 14.2 Å². The molecule has 10 atom stereocenters. The van der Waals surface area contributed by atoms with Crippen LogP contribution in [0.1, 0.15) is 6.92 Å². The summed E-state index contributed by atoms with van der Waals surface area (Å²) < 4.78 is 28.2. The molecule has 42 heavy (non-hydrogen) atoms. The van der Waals surface area contributed by atoms with Crippen LogP contribution < -0.4 is 10.2 Å². The smallest absolute Gasteiger partial charge is 0.238 e. The van der Waals surface area contributed by atoms with Gasteiger partial charge in [0.1, 0.15) is 64.8 Å². The number of rotatable bonds is 6. The van der Waals surface area contributed by atoms with E-state index in [2.05, 4.69) is 0 Å². The molecule has 0 saturated carbocycles. The summed E-state index contributed by atoms with van der Waals surface area (Å²) in [6, 6.07) is 7.61. The third-order valence-electron chi connectivity index (χ3n) is 7.23. The fraction of sp³-hybridized carbons (Fsp3) is 0.444. The van der Waals surface area contributed by atoms with Crippen molar-refractivity contribution in [3.8, 4) is 34.3 Å². The van der Waals surface area contributed by atoms with Crippen LogP contribution in [0.4, 0.5) is 0 Å². The van der Waals surface area contributed by atoms with E-state index in [9.17, 15) is 50.8 Å². The number of phenolic OH excluding ortho intramolecular Hbond substituents is 2. The van der Waals surface area contributed by atoms with Crippen LogP contribution in [0.2, 0.25) is 0 Å². The van der Waals surface area contributed by atoms with E-state index in [1.54, 1.807) is 0 Å². The van der Waals surface area contributed by atoms with Gasteiger partial charge in [0, 0.05) is 17.7 Å². The molecule has 1 aromatic heterocycles. The molecule has 0 aliphatic carbocycles. The standard InChI is InChI=1S/C27H30O15/c1-9-17(31)21(35)25(42-26-23(37)20(34)18(32)15(8-28)41-26)27(38-9)39-12-6-13(30)16-14(7-12)40-24(22(36)19(16)33)10-2-4-11(29)5-3-10/h2-7,9,15,17-18,20-21,23,25-32,34-37H,8H2,1H3/t9-,15+,17-,18+,20-,21+,23+,25+,26-,27-/m0/s1. The molecule has 3 heterocycles. The second-order valence-corrected chi connectivity index (χ2v) is 10.1. The van der Waals surface area contributed by atoms with Gasteiger partial charge in [0.2, 0.25) is 17.5 Å². The van der Waals surface area contributed by atoms with Gasteiger partial charge in [-0.05, 0) is 31.2 Å². The summed E-state index contributed by atoms with van der Waals surface area (Å²) in [7, 11) is 0. The van der Waals surface area contributed by atoms with Crippen molar-refractivity contribution < 1.29 is 69.3 Å². The maximum Gasteiger partial charge on any atom is 0.238 e. The monoisotopic (exact) mass is 594 g/mol. The molecule has 0 radical (unpaired) electrons. The molecule has 15 heteroatoms. The van der Waals surface area contributed by atoms with Crippen LogP contribution in [0.3, 0.4) is 0 Å². The lowest BCUT2D eigenvalue weighted by Gasteiger charge is -2.45. The predicted octanol–water partition coefficient (Wildman–Crippen LogP) is -1.39. The van der Waals surface area contributed by atoms with Gasteiger partial charge in [-0.3, -0.25) is 4.79 Å². The molecule has 5 rings (SSSR count). The third-order valence-corrected chi connectivity index (χ3v) is 7.23. The highest BCUT2D eigenvalue weighted by atomic mass is 16.8. The Morgan fingerprint density at radius 3 is 2.19 bits per heavy atom. The van der Waals surface area contributed by atoms with Crippen LogP contribution in [0.5, 0.6) is 23.0 Å². The number of benzene rings is 2. The molecule has 3 aromatic rings. The summed E-state index contributed by atoms with van der Waals surface area (Å²) in [6.07, 6.45) is -15.7. The number of hydrogen-bond donors (Lipinski definition) is 9. The Kier molecular flexibility index (Phi) is 8.30. The van der Waals surface area contributed by atoms with E-state index in [0.717, 1.165) is 6.07 Å². The second kappa shape index (κ2) is 11.6. The van der Waals surface area contributed by atoms with E-state index in [-0.39, 0.29) is 33.8 Å². The fourth-order valence-corrected chi connectivity index (χ4v) is 4.85. The average molecular weight is 595 g/mol. The number of ether oxygens (including phenoxy) is 4. The van der Waals surface area contributed by atoms with Gasteiger partial charge < -0.3 is 69.3 Å². The minimum Gasteiger partial charge on any atom is -0.508 e. The molecule has 228 valence electrons. The highest BCUT2D eigenvalue weighted by molar-refractivity contribution is 5.88. The Balaban J connectivity index is 1.48. The van der Waals surface area contributed by atoms with E-state index < -0.39 is 84.9 Å². The Morgan fingerprint density at radius 1 is 0.833 bits per heavy atom. The highest BCUT2D eigenvalue weighted by Gasteiger charge is 2.50. The SMILES string of the molecule is C[C@@H]1O[C@@H](Oc2cc(O)c3c(=O)c(O)c(-c4ccc(O)cc4)oc3c2)[C@H](O[C@@H]2O[C@H](CO)[C@@H](O)[C@H](O)[C@H]2O)[C@H](O)[C@H]1O. The van der Waals surface area contributed by atoms with Gasteiger partial charge in [0.15, 0.2) is 18.2 Å². The summed E-state index contributed by atoms with van der Waals surface area (Å²) in [5.74, 6) is -1.92. The van der Waals surface area contributed by atoms with Crippen LogP contribution in [0.25, 0.3) is 22.3 Å². The van der Waals surface area contributed by atoms with E-state index in [4.69, 9.17) is 23.4 Å². The minimum absolute atomic E-state index is 0.0655. The van der Waals surface area contributed by atoms with Gasteiger partial charge in [-0.15, -0.1) is 0 Å². The zero-order valence-corrected chi connectivity index (χ0v) is 21.9. The van der Waals surface area contributed by atoms with Crippen LogP contribution in [0, 0.1) is 0 Å². The van der Waals surface area contributed by atoms with E-state index in [1.165, 1.54) is 37.3 Å². The lowest BCUT2D eigenvalue weighted by atomic mass is 9.97. The molecule has 2 aliphatic rings. The molecular formula is C27H30O15. The first-order valence-electron chi connectivity index (χ1n) is 12.9. The van der Waals surface area contributed by atoms with Crippen LogP contribution >= 0.6 is 0 Å². The van der Waals surface area contributed by atoms with E-state index >= 15 is 0 Å². The molecule has 9 N–H and O–H groups in total. The van der Waals surface area contributed by atoms with E-state index in [0.29, 0.717) is 0 Å². The van der Waals surface area contributed by atoms with Gasteiger partial charge in [0.05, 0.1) is 12.7 Å². The Labute approximate surface area is 236 Å². The lowest BCUT2D eigenvalue weighted by molar-refractivity contribution is -0.355. The molecule has 0 amide bonds. The zero-order chi connectivity index (χ0) is 30.5. The maximum absolute atomic E-state index is 12.9. The molecule has 2 saturated heterocycles. The molecule has 15 nitrogen and oxygen atoms in total. The van der Waals surface area contributed by atoms with Gasteiger partial charge in [-0.2, -0.15) is 0 Å². The van der Waals surface area contributed by atoms with Gasteiger partial charge in [-0.25, -0.2) is 0 Å². The van der Waals surface area contributed by atoms with Crippen molar-refractivity contribution in [3.05, 3.63) is 46.6 Å². The van der Waals surface area contributed by atoms with Crippen molar-refractivity contribution in [2.45, 2.75) is 68.3 Å². The third kappa shape index (κ3) is 5.37. The Morgan fingerprint density at radius 2 is 1.52 bits per heavy atom. The van der Waals surface area contributed by atoms with Crippen LogP contribution in [0.15, 0.2) is 45.6 Å². The fourth-order valence-electron chi connectivity index (χ4n) is 4.85. The van der Waals surface area contributed by atoms with Crippen molar-refractivity contribution in [1.82, 2.24) is 0 Å². The first-order chi connectivity index (χ1) is 19.9. The second-order valence-electron chi connectivity index (χ2n) is 10.1. The quantitative estimate of drug-likeness (QED) is 0.159. The van der Waals surface area contributed by atoms with E-state index in [1.807, 2.05) is 0 Å². The molecule has 2 aliphatic heterocycles. The first kappa shape index (κ1) is 30.0. The number of aliphatic hydroxyl groups is 6. The summed E-state index contributed by atoms with van der Waals surface area (Å²) in [5, 5.41) is 91.5. The molecule has 2 fully saturated rings. The number of aromatic hydroxyl groups is 3. The van der Waals surface area contributed by atoms with Crippen molar-refractivity contribution in [2.75, 3.05) is 6.61 Å². The van der Waals surface area contributed by atoms with Crippen LogP contribution in [-0.4, -0.2) is 114 Å². The largest absolute Gasteiger partial charge is 0.508 e. The number of phenols is 2. The molecule has 0 bridgehead atoms. The van der Waals surface area contributed by atoms with Gasteiger partial charge in [0.25, 0.3) is 0 Å². The summed E-state index contributed by atoms with van der Waals surface area (Å²) >= 11 is 0. The molecular weight excluding hydrogens is 564 g/mol. The maximum atomic E-state index is 12.9.